The van der Waals surface area contributed by atoms with Gasteiger partial charge >= 0.3 is 5.97 Å². The molecule has 1 aliphatic heterocycles. The summed E-state index contributed by atoms with van der Waals surface area (Å²) in [5.41, 5.74) is 2.72. The van der Waals surface area contributed by atoms with Crippen LogP contribution in [-0.2, 0) is 0 Å². The van der Waals surface area contributed by atoms with Gasteiger partial charge in [0.1, 0.15) is 5.69 Å². The smallest absolute Gasteiger partial charge is 0.358 e. The molecule has 0 radical (unpaired) electrons. The number of aromatic carboxylic acids is 1. The monoisotopic (exact) mass is 323 g/mol. The summed E-state index contributed by atoms with van der Waals surface area (Å²) in [6.45, 7) is 2.11. The number of carboxylic acid groups (broad SMARTS) is 1. The van der Waals surface area contributed by atoms with Crippen LogP contribution in [0.2, 0.25) is 0 Å². The Morgan fingerprint density at radius 2 is 2.00 bits per heavy atom. The number of ether oxygens (including phenoxy) is 2. The Hall–Kier alpha value is -3.35. The van der Waals surface area contributed by atoms with Crippen molar-refractivity contribution in [3.63, 3.8) is 0 Å². The molecule has 7 heteroatoms. The zero-order valence-corrected chi connectivity index (χ0v) is 12.8. The van der Waals surface area contributed by atoms with Crippen LogP contribution < -0.4 is 9.47 Å². The zero-order chi connectivity index (χ0) is 16.7. The predicted molar refractivity (Wildman–Crippen MR) is 84.6 cm³/mol. The molecule has 0 bridgehead atoms. The highest BCUT2D eigenvalue weighted by Gasteiger charge is 2.23. The van der Waals surface area contributed by atoms with Gasteiger partial charge in [-0.3, -0.25) is 0 Å². The van der Waals surface area contributed by atoms with Gasteiger partial charge in [-0.1, -0.05) is 29.0 Å². The molecule has 1 aromatic heterocycles. The Morgan fingerprint density at radius 1 is 1.17 bits per heavy atom. The van der Waals surface area contributed by atoms with E-state index in [1.54, 1.807) is 18.2 Å². The van der Waals surface area contributed by atoms with E-state index in [1.165, 1.54) is 4.68 Å². The lowest BCUT2D eigenvalue weighted by atomic mass is 10.1. The number of aromatic nitrogens is 3. The van der Waals surface area contributed by atoms with Crippen molar-refractivity contribution in [1.82, 2.24) is 15.0 Å². The molecule has 0 saturated heterocycles. The number of fused-ring (bicyclic) bond motifs is 1. The summed E-state index contributed by atoms with van der Waals surface area (Å²) < 4.78 is 12.2. The summed E-state index contributed by atoms with van der Waals surface area (Å²) in [7, 11) is 0. The molecule has 0 unspecified atom stereocenters. The van der Waals surface area contributed by atoms with E-state index < -0.39 is 5.97 Å². The maximum absolute atomic E-state index is 11.6. The number of hydrogen-bond acceptors (Lipinski definition) is 5. The molecule has 2 aromatic carbocycles. The maximum atomic E-state index is 11.6. The fourth-order valence-corrected chi connectivity index (χ4v) is 2.67. The van der Waals surface area contributed by atoms with Crippen LogP contribution in [0.5, 0.6) is 11.5 Å². The van der Waals surface area contributed by atoms with E-state index >= 15 is 0 Å². The lowest BCUT2D eigenvalue weighted by Crippen LogP contribution is -2.03. The average molecular weight is 323 g/mol. The second kappa shape index (κ2) is 5.38. The highest BCUT2D eigenvalue weighted by molar-refractivity contribution is 5.93. The Balaban J connectivity index is 1.92. The number of carbonyl (C=O) groups is 1. The van der Waals surface area contributed by atoms with Gasteiger partial charge in [0.05, 0.1) is 5.69 Å². The topological polar surface area (TPSA) is 86.5 Å². The Bertz CT molecular complexity index is 949. The van der Waals surface area contributed by atoms with E-state index in [9.17, 15) is 9.90 Å². The molecule has 4 rings (SSSR count). The summed E-state index contributed by atoms with van der Waals surface area (Å²) in [6, 6.07) is 12.8. The minimum atomic E-state index is -1.13. The number of hydrogen-bond donors (Lipinski definition) is 1. The van der Waals surface area contributed by atoms with Gasteiger partial charge in [-0.15, -0.1) is 5.10 Å². The standard InChI is InChI=1S/C17H13N3O4/c1-10-3-2-4-11(7-10)16-15(17(21)22)18-19-20(16)12-5-6-13-14(8-12)24-9-23-13/h2-8H,9H2,1H3,(H,21,22). The highest BCUT2D eigenvalue weighted by atomic mass is 16.7. The van der Waals surface area contributed by atoms with E-state index in [-0.39, 0.29) is 12.5 Å². The molecule has 0 fully saturated rings. The average Bonchev–Trinajstić information content (AvgIpc) is 3.20. The molecule has 0 saturated carbocycles. The number of benzene rings is 2. The molecule has 120 valence electrons. The van der Waals surface area contributed by atoms with E-state index in [0.717, 1.165) is 11.1 Å². The van der Waals surface area contributed by atoms with E-state index in [2.05, 4.69) is 10.3 Å². The summed E-state index contributed by atoms with van der Waals surface area (Å²) in [5.74, 6) is 0.114. The van der Waals surface area contributed by atoms with E-state index in [0.29, 0.717) is 22.9 Å². The Kier molecular flexibility index (Phi) is 3.19. The molecule has 1 N–H and O–H groups in total. The van der Waals surface area contributed by atoms with Crippen molar-refractivity contribution in [3.8, 4) is 28.4 Å². The van der Waals surface area contributed by atoms with Crippen LogP contribution in [0, 0.1) is 6.92 Å². The first kappa shape index (κ1) is 14.3. The van der Waals surface area contributed by atoms with Gasteiger partial charge in [0.25, 0.3) is 0 Å². The fourth-order valence-electron chi connectivity index (χ4n) is 2.67. The molecule has 7 nitrogen and oxygen atoms in total. The molecule has 3 aromatic rings. The first-order chi connectivity index (χ1) is 11.6. The Labute approximate surface area is 137 Å². The predicted octanol–water partition coefficient (Wildman–Crippen LogP) is 2.67. The lowest BCUT2D eigenvalue weighted by molar-refractivity contribution is 0.0691. The van der Waals surface area contributed by atoms with Crippen LogP contribution in [0.3, 0.4) is 0 Å². The van der Waals surface area contributed by atoms with Crippen molar-refractivity contribution < 1.29 is 19.4 Å². The van der Waals surface area contributed by atoms with Gasteiger partial charge in [0, 0.05) is 11.6 Å². The van der Waals surface area contributed by atoms with Crippen LogP contribution in [0.1, 0.15) is 16.1 Å². The number of aryl methyl sites for hydroxylation is 1. The van der Waals surface area contributed by atoms with Crippen LogP contribution in [0.25, 0.3) is 16.9 Å². The molecule has 1 aliphatic rings. The van der Waals surface area contributed by atoms with E-state index in [1.807, 2.05) is 31.2 Å². The van der Waals surface area contributed by atoms with Gasteiger partial charge < -0.3 is 14.6 Å². The molecular formula is C17H13N3O4. The second-order valence-corrected chi connectivity index (χ2v) is 5.41. The first-order valence-corrected chi connectivity index (χ1v) is 7.29. The van der Waals surface area contributed by atoms with Crippen molar-refractivity contribution in [2.24, 2.45) is 0 Å². The molecule has 0 amide bonds. The summed E-state index contributed by atoms with van der Waals surface area (Å²) in [6.07, 6.45) is 0. The number of carboxylic acids is 1. The maximum Gasteiger partial charge on any atom is 0.358 e. The molecule has 2 heterocycles. The minimum Gasteiger partial charge on any atom is -0.476 e. The first-order valence-electron chi connectivity index (χ1n) is 7.29. The number of rotatable bonds is 3. The van der Waals surface area contributed by atoms with Gasteiger partial charge in [-0.2, -0.15) is 0 Å². The van der Waals surface area contributed by atoms with Crippen LogP contribution in [0.15, 0.2) is 42.5 Å². The molecule has 0 aliphatic carbocycles. The van der Waals surface area contributed by atoms with Gasteiger partial charge in [-0.25, -0.2) is 9.48 Å². The van der Waals surface area contributed by atoms with Gasteiger partial charge in [0.15, 0.2) is 17.2 Å². The normalized spacial score (nSPS) is 12.4. The summed E-state index contributed by atoms with van der Waals surface area (Å²) >= 11 is 0. The SMILES string of the molecule is Cc1cccc(-c2c(C(=O)O)nnn2-c2ccc3c(c2)OCO3)c1. The van der Waals surface area contributed by atoms with E-state index in [4.69, 9.17) is 9.47 Å². The third-order valence-electron chi connectivity index (χ3n) is 3.77. The highest BCUT2D eigenvalue weighted by Crippen LogP contribution is 2.35. The van der Waals surface area contributed by atoms with Crippen molar-refractivity contribution in [2.75, 3.05) is 6.79 Å². The van der Waals surface area contributed by atoms with Crippen molar-refractivity contribution >= 4 is 5.97 Å². The summed E-state index contributed by atoms with van der Waals surface area (Å²) in [5, 5.41) is 17.3. The lowest BCUT2D eigenvalue weighted by Gasteiger charge is -2.09. The fraction of sp³-hybridized carbons (Fsp3) is 0.118. The van der Waals surface area contributed by atoms with Crippen molar-refractivity contribution in [3.05, 3.63) is 53.7 Å². The molecule has 0 spiro atoms. The van der Waals surface area contributed by atoms with Crippen LogP contribution >= 0.6 is 0 Å². The number of nitrogens with zero attached hydrogens (tertiary/aromatic N) is 3. The van der Waals surface area contributed by atoms with Crippen molar-refractivity contribution in [1.29, 1.82) is 0 Å². The van der Waals surface area contributed by atoms with Crippen LogP contribution in [-0.4, -0.2) is 32.9 Å². The summed E-state index contributed by atoms with van der Waals surface area (Å²) in [4.78, 5) is 11.6. The van der Waals surface area contributed by atoms with Crippen LogP contribution in [0.4, 0.5) is 0 Å². The third-order valence-corrected chi connectivity index (χ3v) is 3.77. The largest absolute Gasteiger partial charge is 0.476 e. The Morgan fingerprint density at radius 3 is 2.79 bits per heavy atom. The second-order valence-electron chi connectivity index (χ2n) is 5.41. The van der Waals surface area contributed by atoms with Gasteiger partial charge in [-0.05, 0) is 25.1 Å². The molecule has 0 atom stereocenters. The molecular weight excluding hydrogens is 310 g/mol. The zero-order valence-electron chi connectivity index (χ0n) is 12.8. The quantitative estimate of drug-likeness (QED) is 0.797. The van der Waals surface area contributed by atoms with Gasteiger partial charge in [0.2, 0.25) is 6.79 Å². The molecule has 24 heavy (non-hydrogen) atoms. The van der Waals surface area contributed by atoms with Crippen molar-refractivity contribution in [2.45, 2.75) is 6.92 Å². The third kappa shape index (κ3) is 2.26. The minimum absolute atomic E-state index is 0.0988.